The molecule has 2 fully saturated rings. The number of likely N-dealkylation sites (tertiary alicyclic amines) is 1. The van der Waals surface area contributed by atoms with Crippen molar-refractivity contribution in [1.29, 1.82) is 0 Å². The van der Waals surface area contributed by atoms with Crippen LogP contribution >= 0.6 is 35.3 Å². The predicted molar refractivity (Wildman–Crippen MR) is 101 cm³/mol. The minimum atomic E-state index is -0.817. The first kappa shape index (κ1) is 18.1. The number of thiocarbonyl (C=S) groups is 1. The Hall–Kier alpha value is -1.71. The molecule has 0 aromatic carbocycles. The number of carbonyl (C=O) groups excluding carboxylic acids is 2. The van der Waals surface area contributed by atoms with Gasteiger partial charge in [0.1, 0.15) is 10.9 Å². The first-order valence-electron chi connectivity index (χ1n) is 7.75. The summed E-state index contributed by atoms with van der Waals surface area (Å²) in [6.07, 6.45) is 2.67. The summed E-state index contributed by atoms with van der Waals surface area (Å²) in [7, 11) is 0. The first-order valence-corrected chi connectivity index (χ1v) is 9.85. The summed E-state index contributed by atoms with van der Waals surface area (Å²) in [6.45, 7) is 0.704. The number of carboxylic acids is 1. The Balaban J connectivity index is 1.61. The highest BCUT2D eigenvalue weighted by atomic mass is 32.2. The van der Waals surface area contributed by atoms with Crippen LogP contribution in [0.3, 0.4) is 0 Å². The van der Waals surface area contributed by atoms with Crippen molar-refractivity contribution in [2.24, 2.45) is 5.92 Å². The molecule has 0 aliphatic carbocycles. The van der Waals surface area contributed by atoms with E-state index in [2.05, 4.69) is 0 Å². The SMILES string of the molecule is O=C(O)C1CCN(C(=O)CN2C(=O)C(=Cc3cccs3)SC2=S)CC1. The van der Waals surface area contributed by atoms with Gasteiger partial charge >= 0.3 is 5.97 Å². The van der Waals surface area contributed by atoms with Gasteiger partial charge in [0.25, 0.3) is 5.91 Å². The maximum atomic E-state index is 12.5. The fourth-order valence-electron chi connectivity index (χ4n) is 2.75. The zero-order valence-corrected chi connectivity index (χ0v) is 15.7. The van der Waals surface area contributed by atoms with E-state index in [1.165, 1.54) is 28.0 Å². The highest BCUT2D eigenvalue weighted by Gasteiger charge is 2.35. The molecule has 0 spiro atoms. The van der Waals surface area contributed by atoms with Gasteiger partial charge in [0, 0.05) is 18.0 Å². The fraction of sp³-hybridized carbons (Fsp3) is 0.375. The molecule has 2 aliphatic rings. The Morgan fingerprint density at radius 1 is 1.36 bits per heavy atom. The second kappa shape index (κ2) is 7.67. The third kappa shape index (κ3) is 4.10. The molecule has 2 aliphatic heterocycles. The Morgan fingerprint density at radius 3 is 2.68 bits per heavy atom. The lowest BCUT2D eigenvalue weighted by molar-refractivity contribution is -0.146. The van der Waals surface area contributed by atoms with Gasteiger partial charge in [0.2, 0.25) is 5.91 Å². The summed E-state index contributed by atoms with van der Waals surface area (Å²) >= 11 is 7.97. The zero-order valence-electron chi connectivity index (χ0n) is 13.2. The van der Waals surface area contributed by atoms with Crippen LogP contribution in [0.2, 0.25) is 0 Å². The van der Waals surface area contributed by atoms with E-state index in [1.54, 1.807) is 11.0 Å². The van der Waals surface area contributed by atoms with Crippen molar-refractivity contribution in [1.82, 2.24) is 9.80 Å². The molecule has 0 saturated carbocycles. The number of amides is 2. The van der Waals surface area contributed by atoms with Crippen LogP contribution in [0.15, 0.2) is 22.4 Å². The average Bonchev–Trinajstić information content (AvgIpc) is 3.19. The van der Waals surface area contributed by atoms with Gasteiger partial charge in [0.15, 0.2) is 0 Å². The lowest BCUT2D eigenvalue weighted by Gasteiger charge is -2.31. The van der Waals surface area contributed by atoms with E-state index in [9.17, 15) is 14.4 Å². The summed E-state index contributed by atoms with van der Waals surface area (Å²) in [5.74, 6) is -1.66. The van der Waals surface area contributed by atoms with Crippen LogP contribution in [0, 0.1) is 5.92 Å². The van der Waals surface area contributed by atoms with Crippen molar-refractivity contribution in [2.75, 3.05) is 19.6 Å². The molecule has 0 unspecified atom stereocenters. The molecule has 6 nitrogen and oxygen atoms in total. The van der Waals surface area contributed by atoms with Gasteiger partial charge in [0.05, 0.1) is 10.8 Å². The summed E-state index contributed by atoms with van der Waals surface area (Å²) in [4.78, 5) is 40.3. The van der Waals surface area contributed by atoms with Crippen LogP contribution in [0.1, 0.15) is 17.7 Å². The van der Waals surface area contributed by atoms with Gasteiger partial charge in [-0.1, -0.05) is 30.0 Å². The second-order valence-electron chi connectivity index (χ2n) is 5.78. The van der Waals surface area contributed by atoms with Gasteiger partial charge in [-0.25, -0.2) is 0 Å². The van der Waals surface area contributed by atoms with E-state index in [4.69, 9.17) is 17.3 Å². The van der Waals surface area contributed by atoms with Crippen LogP contribution in [-0.2, 0) is 14.4 Å². The highest BCUT2D eigenvalue weighted by molar-refractivity contribution is 8.26. The monoisotopic (exact) mass is 396 g/mol. The number of thiophene rings is 1. The Kier molecular flexibility index (Phi) is 5.55. The number of carboxylic acid groups (broad SMARTS) is 1. The highest BCUT2D eigenvalue weighted by Crippen LogP contribution is 2.33. The lowest BCUT2D eigenvalue weighted by atomic mass is 9.97. The molecule has 9 heteroatoms. The number of piperidine rings is 1. The Labute approximate surface area is 158 Å². The van der Waals surface area contributed by atoms with Gasteiger partial charge in [-0.05, 0) is 30.4 Å². The van der Waals surface area contributed by atoms with E-state index >= 15 is 0 Å². The van der Waals surface area contributed by atoms with E-state index in [0.717, 1.165) is 4.88 Å². The van der Waals surface area contributed by atoms with Crippen LogP contribution in [-0.4, -0.2) is 56.6 Å². The Morgan fingerprint density at radius 2 is 2.08 bits per heavy atom. The van der Waals surface area contributed by atoms with Crippen LogP contribution in [0.25, 0.3) is 6.08 Å². The number of rotatable bonds is 4. The second-order valence-corrected chi connectivity index (χ2v) is 8.43. The topological polar surface area (TPSA) is 77.9 Å². The van der Waals surface area contributed by atoms with Crippen molar-refractivity contribution in [3.05, 3.63) is 27.3 Å². The molecule has 0 atom stereocenters. The van der Waals surface area contributed by atoms with Gasteiger partial charge in [-0.3, -0.25) is 19.3 Å². The summed E-state index contributed by atoms with van der Waals surface area (Å²) in [5.41, 5.74) is 0. The molecule has 0 radical (unpaired) electrons. The minimum absolute atomic E-state index is 0.0931. The number of hydrogen-bond donors (Lipinski definition) is 1. The van der Waals surface area contributed by atoms with E-state index in [-0.39, 0.29) is 18.4 Å². The smallest absolute Gasteiger partial charge is 0.306 e. The lowest BCUT2D eigenvalue weighted by Crippen LogP contribution is -2.46. The normalized spacial score (nSPS) is 20.6. The number of hydrogen-bond acceptors (Lipinski definition) is 6. The summed E-state index contributed by atoms with van der Waals surface area (Å²) < 4.78 is 0.376. The van der Waals surface area contributed by atoms with Crippen molar-refractivity contribution in [2.45, 2.75) is 12.8 Å². The standard InChI is InChI=1S/C16H16N2O4S3/c19-13(17-5-3-10(4-6-17)15(21)22)9-18-14(20)12(25-16(18)23)8-11-2-1-7-24-11/h1-2,7-8,10H,3-6,9H2,(H,21,22). The third-order valence-corrected chi connectivity index (χ3v) is 6.38. The van der Waals surface area contributed by atoms with E-state index in [1.807, 2.05) is 17.5 Å². The zero-order chi connectivity index (χ0) is 18.0. The van der Waals surface area contributed by atoms with Gasteiger partial charge in [-0.2, -0.15) is 0 Å². The maximum absolute atomic E-state index is 12.5. The van der Waals surface area contributed by atoms with Crippen LogP contribution in [0.4, 0.5) is 0 Å². The van der Waals surface area contributed by atoms with Crippen molar-refractivity contribution >= 4 is 63.5 Å². The number of carbonyl (C=O) groups is 3. The number of aliphatic carboxylic acids is 1. The van der Waals surface area contributed by atoms with Gasteiger partial charge in [-0.15, -0.1) is 11.3 Å². The first-order chi connectivity index (χ1) is 12.0. The van der Waals surface area contributed by atoms with Crippen molar-refractivity contribution < 1.29 is 19.5 Å². The molecular formula is C16H16N2O4S3. The van der Waals surface area contributed by atoms with Crippen LogP contribution in [0.5, 0.6) is 0 Å². The molecule has 132 valence electrons. The predicted octanol–water partition coefficient (Wildman–Crippen LogP) is 2.27. The molecule has 25 heavy (non-hydrogen) atoms. The molecule has 1 N–H and O–H groups in total. The summed E-state index contributed by atoms with van der Waals surface area (Å²) in [6, 6.07) is 3.82. The molecule has 2 saturated heterocycles. The van der Waals surface area contributed by atoms with Crippen LogP contribution < -0.4 is 0 Å². The number of thioether (sulfide) groups is 1. The summed E-state index contributed by atoms with van der Waals surface area (Å²) in [5, 5.41) is 10.9. The van der Waals surface area contributed by atoms with E-state index < -0.39 is 11.9 Å². The molecule has 0 bridgehead atoms. The van der Waals surface area contributed by atoms with Gasteiger partial charge < -0.3 is 10.0 Å². The van der Waals surface area contributed by atoms with Crippen molar-refractivity contribution in [3.63, 3.8) is 0 Å². The molecular weight excluding hydrogens is 380 g/mol. The minimum Gasteiger partial charge on any atom is -0.481 e. The molecule has 1 aromatic heterocycles. The quantitative estimate of drug-likeness (QED) is 0.621. The largest absolute Gasteiger partial charge is 0.481 e. The average molecular weight is 397 g/mol. The third-order valence-electron chi connectivity index (χ3n) is 4.18. The molecule has 2 amide bonds. The van der Waals surface area contributed by atoms with Crippen molar-refractivity contribution in [3.8, 4) is 0 Å². The van der Waals surface area contributed by atoms with E-state index in [0.29, 0.717) is 35.2 Å². The molecule has 3 heterocycles. The Bertz CT molecular complexity index is 737. The molecule has 3 rings (SSSR count). The fourth-order valence-corrected chi connectivity index (χ4v) is 4.73. The maximum Gasteiger partial charge on any atom is 0.306 e. The molecule has 1 aromatic rings. The number of nitrogens with zero attached hydrogens (tertiary/aromatic N) is 2.